The number of carbonyl (C=O) groups excluding carboxylic acids is 1. The highest BCUT2D eigenvalue weighted by atomic mass is 32.2. The van der Waals surface area contributed by atoms with Gasteiger partial charge in [-0.3, -0.25) is 4.79 Å². The number of nitrogens with one attached hydrogen (secondary N) is 1. The van der Waals surface area contributed by atoms with Gasteiger partial charge in [-0.25, -0.2) is 12.8 Å². The molecule has 1 heterocycles. The number of carbonyl (C=O) groups is 1. The topological polar surface area (TPSA) is 88.9 Å². The highest BCUT2D eigenvalue weighted by Crippen LogP contribution is 2.26. The summed E-state index contributed by atoms with van der Waals surface area (Å²) in [5, 5.41) is 2.54. The molecule has 0 bridgehead atoms. The monoisotopic (exact) mass is 356 g/mol. The van der Waals surface area contributed by atoms with Crippen molar-refractivity contribution < 1.29 is 26.8 Å². The third kappa shape index (κ3) is 4.12. The van der Waals surface area contributed by atoms with Crippen molar-refractivity contribution >= 4 is 15.9 Å². The first-order valence-electron chi connectivity index (χ1n) is 6.93. The van der Waals surface area contributed by atoms with Gasteiger partial charge in [0.1, 0.15) is 22.2 Å². The molecule has 9 heteroatoms. The number of benzene rings is 1. The van der Waals surface area contributed by atoms with Crippen molar-refractivity contribution in [3.05, 3.63) is 48.2 Å². The predicted octanol–water partition coefficient (Wildman–Crippen LogP) is 1.36. The minimum absolute atomic E-state index is 0.000700. The number of rotatable bonds is 7. The lowest BCUT2D eigenvalue weighted by Gasteiger charge is -2.18. The fourth-order valence-corrected chi connectivity index (χ4v) is 3.25. The van der Waals surface area contributed by atoms with E-state index in [0.29, 0.717) is 5.76 Å². The van der Waals surface area contributed by atoms with Crippen LogP contribution < -0.4 is 10.1 Å². The Labute approximate surface area is 139 Å². The van der Waals surface area contributed by atoms with E-state index < -0.39 is 28.3 Å². The number of halogens is 1. The number of nitrogens with zero attached hydrogens (tertiary/aromatic N) is 1. The Hall–Kier alpha value is -2.39. The van der Waals surface area contributed by atoms with E-state index in [-0.39, 0.29) is 17.2 Å². The van der Waals surface area contributed by atoms with Gasteiger partial charge in [0.2, 0.25) is 15.9 Å². The van der Waals surface area contributed by atoms with E-state index in [2.05, 4.69) is 5.32 Å². The molecule has 1 aromatic carbocycles. The molecule has 0 aliphatic heterocycles. The highest BCUT2D eigenvalue weighted by molar-refractivity contribution is 7.89. The summed E-state index contributed by atoms with van der Waals surface area (Å²) in [6.45, 7) is -0.286. The molecule has 0 saturated heterocycles. The molecule has 2 aromatic rings. The molecular weight excluding hydrogens is 339 g/mol. The van der Waals surface area contributed by atoms with Gasteiger partial charge in [-0.1, -0.05) is 0 Å². The van der Waals surface area contributed by atoms with Crippen LogP contribution in [0, 0.1) is 5.82 Å². The van der Waals surface area contributed by atoms with E-state index >= 15 is 0 Å². The maximum atomic E-state index is 13.4. The summed E-state index contributed by atoms with van der Waals surface area (Å²) >= 11 is 0. The van der Waals surface area contributed by atoms with E-state index in [4.69, 9.17) is 9.15 Å². The zero-order chi connectivity index (χ0) is 17.7. The number of sulfonamides is 1. The number of furan rings is 1. The Morgan fingerprint density at radius 3 is 2.75 bits per heavy atom. The SMILES string of the molecule is COc1ccc(F)cc1S(=O)(=O)N(C)CC(=O)NCc1ccco1. The van der Waals surface area contributed by atoms with Crippen LogP contribution in [0.25, 0.3) is 0 Å². The van der Waals surface area contributed by atoms with Crippen molar-refractivity contribution in [2.45, 2.75) is 11.4 Å². The fourth-order valence-electron chi connectivity index (χ4n) is 1.96. The van der Waals surface area contributed by atoms with Crippen LogP contribution in [0.5, 0.6) is 5.75 Å². The molecule has 0 atom stereocenters. The molecule has 1 amide bonds. The number of hydrogen-bond acceptors (Lipinski definition) is 5. The number of amides is 1. The molecule has 0 unspecified atom stereocenters. The molecule has 0 saturated carbocycles. The molecule has 2 rings (SSSR count). The smallest absolute Gasteiger partial charge is 0.247 e. The molecule has 0 aliphatic rings. The highest BCUT2D eigenvalue weighted by Gasteiger charge is 2.27. The van der Waals surface area contributed by atoms with Crippen LogP contribution in [0.3, 0.4) is 0 Å². The Kier molecular flexibility index (Phi) is 5.58. The fraction of sp³-hybridized carbons (Fsp3) is 0.267. The first-order valence-corrected chi connectivity index (χ1v) is 8.37. The number of ether oxygens (including phenoxy) is 1. The van der Waals surface area contributed by atoms with E-state index in [1.807, 2.05) is 0 Å². The van der Waals surface area contributed by atoms with Gasteiger partial charge in [0, 0.05) is 7.05 Å². The van der Waals surface area contributed by atoms with Crippen molar-refractivity contribution in [2.75, 3.05) is 20.7 Å². The summed E-state index contributed by atoms with van der Waals surface area (Å²) < 4.78 is 49.3. The van der Waals surface area contributed by atoms with Gasteiger partial charge in [-0.2, -0.15) is 4.31 Å². The number of likely N-dealkylation sites (N-methyl/N-ethyl adjacent to an activating group) is 1. The van der Waals surface area contributed by atoms with Crippen LogP contribution >= 0.6 is 0 Å². The summed E-state index contributed by atoms with van der Waals surface area (Å²) in [4.78, 5) is 11.5. The summed E-state index contributed by atoms with van der Waals surface area (Å²) in [5.74, 6) is -0.696. The quantitative estimate of drug-likeness (QED) is 0.809. The van der Waals surface area contributed by atoms with Gasteiger partial charge in [-0.05, 0) is 30.3 Å². The van der Waals surface area contributed by atoms with Crippen LogP contribution in [0.1, 0.15) is 5.76 Å². The summed E-state index contributed by atoms with van der Waals surface area (Å²) in [6.07, 6.45) is 1.47. The van der Waals surface area contributed by atoms with Gasteiger partial charge < -0.3 is 14.5 Å². The Morgan fingerprint density at radius 2 is 2.12 bits per heavy atom. The first kappa shape index (κ1) is 18.0. The molecule has 130 valence electrons. The van der Waals surface area contributed by atoms with Gasteiger partial charge in [-0.15, -0.1) is 0 Å². The van der Waals surface area contributed by atoms with E-state index in [9.17, 15) is 17.6 Å². The summed E-state index contributed by atoms with van der Waals surface area (Å²) in [5.41, 5.74) is 0. The average Bonchev–Trinajstić information content (AvgIpc) is 3.06. The maximum absolute atomic E-state index is 13.4. The minimum Gasteiger partial charge on any atom is -0.495 e. The molecule has 24 heavy (non-hydrogen) atoms. The lowest BCUT2D eigenvalue weighted by molar-refractivity contribution is -0.121. The largest absolute Gasteiger partial charge is 0.495 e. The second-order valence-electron chi connectivity index (χ2n) is 4.91. The van der Waals surface area contributed by atoms with Gasteiger partial charge in [0.05, 0.1) is 26.5 Å². The molecule has 0 spiro atoms. The lowest BCUT2D eigenvalue weighted by atomic mass is 10.3. The zero-order valence-electron chi connectivity index (χ0n) is 13.2. The number of hydrogen-bond donors (Lipinski definition) is 1. The predicted molar refractivity (Wildman–Crippen MR) is 83.3 cm³/mol. The van der Waals surface area contributed by atoms with Crippen molar-refractivity contribution in [2.24, 2.45) is 0 Å². The minimum atomic E-state index is -4.09. The molecule has 1 aromatic heterocycles. The van der Waals surface area contributed by atoms with Crippen molar-refractivity contribution in [3.8, 4) is 5.75 Å². The standard InChI is InChI=1S/C15H17FN2O5S/c1-18(10-15(19)17-9-12-4-3-7-23-12)24(20,21)14-8-11(16)5-6-13(14)22-2/h3-8H,9-10H2,1-2H3,(H,17,19). The normalized spacial score (nSPS) is 11.5. The second-order valence-corrected chi connectivity index (χ2v) is 6.93. The van der Waals surface area contributed by atoms with Crippen LogP contribution in [-0.4, -0.2) is 39.3 Å². The van der Waals surface area contributed by atoms with Gasteiger partial charge in [0.15, 0.2) is 0 Å². The van der Waals surface area contributed by atoms with Crippen LogP contribution in [-0.2, 0) is 21.4 Å². The molecule has 0 aliphatic carbocycles. The summed E-state index contributed by atoms with van der Waals surface area (Å²) in [7, 11) is -1.58. The van der Waals surface area contributed by atoms with Crippen molar-refractivity contribution in [1.29, 1.82) is 0 Å². The Morgan fingerprint density at radius 1 is 1.38 bits per heavy atom. The van der Waals surface area contributed by atoms with Gasteiger partial charge in [0.25, 0.3) is 0 Å². The third-order valence-corrected chi connectivity index (χ3v) is 5.04. The van der Waals surface area contributed by atoms with E-state index in [1.54, 1.807) is 12.1 Å². The second kappa shape index (κ2) is 7.45. The average molecular weight is 356 g/mol. The summed E-state index contributed by atoms with van der Waals surface area (Å²) in [6, 6.07) is 6.51. The third-order valence-electron chi connectivity index (χ3n) is 3.22. The Balaban J connectivity index is 2.08. The van der Waals surface area contributed by atoms with Gasteiger partial charge >= 0.3 is 0 Å². The van der Waals surface area contributed by atoms with Crippen LogP contribution in [0.2, 0.25) is 0 Å². The first-order chi connectivity index (χ1) is 11.3. The van der Waals surface area contributed by atoms with E-state index in [1.165, 1.54) is 26.5 Å². The van der Waals surface area contributed by atoms with Crippen LogP contribution in [0.15, 0.2) is 45.9 Å². The maximum Gasteiger partial charge on any atom is 0.247 e. The number of methoxy groups -OCH3 is 1. The molecule has 0 radical (unpaired) electrons. The zero-order valence-corrected chi connectivity index (χ0v) is 14.0. The molecule has 0 fully saturated rings. The van der Waals surface area contributed by atoms with Crippen LogP contribution in [0.4, 0.5) is 4.39 Å². The van der Waals surface area contributed by atoms with Crippen molar-refractivity contribution in [1.82, 2.24) is 9.62 Å². The van der Waals surface area contributed by atoms with E-state index in [0.717, 1.165) is 16.4 Å². The Bertz CT molecular complexity index is 805. The lowest BCUT2D eigenvalue weighted by Crippen LogP contribution is -2.38. The van der Waals surface area contributed by atoms with Crippen molar-refractivity contribution in [3.63, 3.8) is 0 Å². The molecule has 7 nitrogen and oxygen atoms in total. The molecule has 1 N–H and O–H groups in total. The molecular formula is C15H17FN2O5S.